The fourth-order valence-corrected chi connectivity index (χ4v) is 1.41. The fourth-order valence-electron chi connectivity index (χ4n) is 1.41. The summed E-state index contributed by atoms with van der Waals surface area (Å²) in [6.07, 6.45) is 0. The van der Waals surface area contributed by atoms with Crippen LogP contribution >= 0.6 is 0 Å². The molecule has 3 nitrogen and oxygen atoms in total. The van der Waals surface area contributed by atoms with E-state index in [-0.39, 0.29) is 0 Å². The van der Waals surface area contributed by atoms with Gasteiger partial charge in [-0.25, -0.2) is 0 Å². The molecule has 0 saturated carbocycles. The lowest BCUT2D eigenvalue weighted by atomic mass is 10.0. The van der Waals surface area contributed by atoms with Crippen LogP contribution in [0.25, 0.3) is 0 Å². The zero-order valence-corrected chi connectivity index (χ0v) is 5.26. The van der Waals surface area contributed by atoms with Gasteiger partial charge < -0.3 is 10.1 Å². The Bertz CT molecular complexity index is 95.2. The van der Waals surface area contributed by atoms with Crippen molar-refractivity contribution < 1.29 is 4.74 Å². The molecule has 2 rings (SSSR count). The maximum absolute atomic E-state index is 5.11. The van der Waals surface area contributed by atoms with Crippen molar-refractivity contribution in [1.82, 2.24) is 10.6 Å². The second kappa shape index (κ2) is 2.25. The quantitative estimate of drug-likeness (QED) is 0.452. The molecule has 1 radical (unpaired) electrons. The molecule has 9 heavy (non-hydrogen) atoms. The standard InChI is InChI=1S/C6H11N2O/c1-5-3-9-4-8-6(5)2-7-1/h4-8H,1-3H2. The van der Waals surface area contributed by atoms with E-state index < -0.39 is 0 Å². The van der Waals surface area contributed by atoms with Crippen molar-refractivity contribution >= 4 is 0 Å². The molecule has 0 spiro atoms. The maximum Gasteiger partial charge on any atom is 0.148 e. The van der Waals surface area contributed by atoms with Gasteiger partial charge in [-0.3, -0.25) is 5.32 Å². The highest BCUT2D eigenvalue weighted by molar-refractivity contribution is 4.89. The molecule has 0 aromatic heterocycles. The molecule has 2 atom stereocenters. The Morgan fingerprint density at radius 1 is 1.44 bits per heavy atom. The summed E-state index contributed by atoms with van der Waals surface area (Å²) in [6, 6.07) is 0.624. The molecule has 0 bridgehead atoms. The highest BCUT2D eigenvalue weighted by Gasteiger charge is 2.29. The first-order chi connectivity index (χ1) is 4.47. The summed E-state index contributed by atoms with van der Waals surface area (Å²) in [4.78, 5) is 0. The first kappa shape index (κ1) is 5.65. The van der Waals surface area contributed by atoms with Gasteiger partial charge >= 0.3 is 0 Å². The third-order valence-electron chi connectivity index (χ3n) is 2.02. The molecule has 2 heterocycles. The van der Waals surface area contributed by atoms with Gasteiger partial charge in [0.05, 0.1) is 6.61 Å². The molecule has 2 aliphatic heterocycles. The Balaban J connectivity index is 1.97. The maximum atomic E-state index is 5.11. The van der Waals surface area contributed by atoms with Crippen LogP contribution in [0.15, 0.2) is 0 Å². The van der Waals surface area contributed by atoms with Crippen LogP contribution in [0.4, 0.5) is 0 Å². The number of nitrogens with one attached hydrogen (secondary N) is 2. The molecular weight excluding hydrogens is 116 g/mol. The average Bonchev–Trinajstić information content (AvgIpc) is 2.33. The van der Waals surface area contributed by atoms with E-state index in [4.69, 9.17) is 4.74 Å². The lowest BCUT2D eigenvalue weighted by molar-refractivity contribution is 0.0884. The highest BCUT2D eigenvalue weighted by Crippen LogP contribution is 2.13. The minimum atomic E-state index is 0.624. The summed E-state index contributed by atoms with van der Waals surface area (Å²) in [5, 5.41) is 6.47. The first-order valence-corrected chi connectivity index (χ1v) is 3.37. The van der Waals surface area contributed by atoms with E-state index in [2.05, 4.69) is 10.6 Å². The van der Waals surface area contributed by atoms with Gasteiger partial charge in [0, 0.05) is 25.0 Å². The molecule has 2 N–H and O–H groups in total. The Kier molecular flexibility index (Phi) is 1.41. The topological polar surface area (TPSA) is 33.3 Å². The third-order valence-corrected chi connectivity index (χ3v) is 2.02. The van der Waals surface area contributed by atoms with Crippen molar-refractivity contribution in [3.63, 3.8) is 0 Å². The monoisotopic (exact) mass is 127 g/mol. The van der Waals surface area contributed by atoms with Crippen molar-refractivity contribution in [1.29, 1.82) is 0 Å². The summed E-state index contributed by atoms with van der Waals surface area (Å²) >= 11 is 0. The van der Waals surface area contributed by atoms with Gasteiger partial charge in [0.15, 0.2) is 0 Å². The van der Waals surface area contributed by atoms with Crippen LogP contribution < -0.4 is 10.6 Å². The van der Waals surface area contributed by atoms with Gasteiger partial charge in [-0.2, -0.15) is 0 Å². The summed E-state index contributed by atoms with van der Waals surface area (Å²) in [5.41, 5.74) is 0. The van der Waals surface area contributed by atoms with E-state index >= 15 is 0 Å². The molecule has 51 valence electrons. The van der Waals surface area contributed by atoms with E-state index in [9.17, 15) is 0 Å². The Morgan fingerprint density at radius 3 is 3.33 bits per heavy atom. The molecule has 2 fully saturated rings. The molecule has 0 aromatic carbocycles. The van der Waals surface area contributed by atoms with Crippen LogP contribution in [0.3, 0.4) is 0 Å². The van der Waals surface area contributed by atoms with E-state index in [0.29, 0.717) is 12.0 Å². The number of ether oxygens (including phenoxy) is 1. The third kappa shape index (κ3) is 0.956. The molecule has 0 aliphatic carbocycles. The number of rotatable bonds is 0. The van der Waals surface area contributed by atoms with E-state index in [1.54, 1.807) is 6.73 Å². The van der Waals surface area contributed by atoms with Gasteiger partial charge in [0.1, 0.15) is 6.73 Å². The molecule has 2 aliphatic rings. The van der Waals surface area contributed by atoms with Gasteiger partial charge in [0.2, 0.25) is 0 Å². The van der Waals surface area contributed by atoms with Crippen molar-refractivity contribution in [2.24, 2.45) is 5.92 Å². The van der Waals surface area contributed by atoms with Crippen molar-refractivity contribution in [3.8, 4) is 0 Å². The van der Waals surface area contributed by atoms with E-state index in [1.807, 2.05) is 0 Å². The summed E-state index contributed by atoms with van der Waals surface area (Å²) in [6.45, 7) is 4.77. The SMILES string of the molecule is [CH]1NC2CNCC2CO1. The molecule has 0 aromatic rings. The van der Waals surface area contributed by atoms with Crippen molar-refractivity contribution in [3.05, 3.63) is 6.73 Å². The molecule has 3 heteroatoms. The summed E-state index contributed by atoms with van der Waals surface area (Å²) in [5.74, 6) is 0.690. The highest BCUT2D eigenvalue weighted by atomic mass is 16.5. The van der Waals surface area contributed by atoms with E-state index in [0.717, 1.165) is 19.7 Å². The van der Waals surface area contributed by atoms with Crippen LogP contribution in [-0.4, -0.2) is 25.7 Å². The second-order valence-electron chi connectivity index (χ2n) is 2.64. The minimum Gasteiger partial charge on any atom is -0.359 e. The number of hydrogen-bond acceptors (Lipinski definition) is 3. The van der Waals surface area contributed by atoms with Crippen LogP contribution in [0.2, 0.25) is 0 Å². The number of fused-ring (bicyclic) bond motifs is 1. The zero-order chi connectivity index (χ0) is 6.10. The summed E-state index contributed by atoms with van der Waals surface area (Å²) in [7, 11) is 0. The summed E-state index contributed by atoms with van der Waals surface area (Å²) < 4.78 is 5.11. The average molecular weight is 127 g/mol. The molecular formula is C6H11N2O. The largest absolute Gasteiger partial charge is 0.359 e. The molecule has 2 unspecified atom stereocenters. The normalized spacial score (nSPS) is 42.7. The smallest absolute Gasteiger partial charge is 0.148 e. The van der Waals surface area contributed by atoms with Crippen LogP contribution in [-0.2, 0) is 4.74 Å². The van der Waals surface area contributed by atoms with Crippen LogP contribution in [0.5, 0.6) is 0 Å². The van der Waals surface area contributed by atoms with Crippen LogP contribution in [0, 0.1) is 12.6 Å². The Morgan fingerprint density at radius 2 is 2.44 bits per heavy atom. The second-order valence-corrected chi connectivity index (χ2v) is 2.64. The van der Waals surface area contributed by atoms with Crippen molar-refractivity contribution in [2.45, 2.75) is 6.04 Å². The van der Waals surface area contributed by atoms with Crippen LogP contribution in [0.1, 0.15) is 0 Å². The Hall–Kier alpha value is -0.120. The predicted octanol–water partition coefficient (Wildman–Crippen LogP) is -0.687. The lowest BCUT2D eigenvalue weighted by Gasteiger charge is -2.24. The lowest BCUT2D eigenvalue weighted by Crippen LogP contribution is -2.41. The van der Waals surface area contributed by atoms with E-state index in [1.165, 1.54) is 0 Å². The minimum absolute atomic E-state index is 0.624. The van der Waals surface area contributed by atoms with Gasteiger partial charge in [0.25, 0.3) is 0 Å². The van der Waals surface area contributed by atoms with Crippen molar-refractivity contribution in [2.75, 3.05) is 19.7 Å². The molecule has 0 amide bonds. The van der Waals surface area contributed by atoms with Gasteiger partial charge in [-0.1, -0.05) is 0 Å². The number of hydrogen-bond donors (Lipinski definition) is 2. The predicted molar refractivity (Wildman–Crippen MR) is 33.5 cm³/mol. The van der Waals surface area contributed by atoms with Gasteiger partial charge in [-0.05, 0) is 0 Å². The molecule has 2 saturated heterocycles. The van der Waals surface area contributed by atoms with Gasteiger partial charge in [-0.15, -0.1) is 0 Å². The fraction of sp³-hybridized carbons (Fsp3) is 0.833. The first-order valence-electron chi connectivity index (χ1n) is 3.37. The Labute approximate surface area is 54.8 Å². The zero-order valence-electron chi connectivity index (χ0n) is 5.26.